The molecule has 4 saturated carbocycles. The van der Waals surface area contributed by atoms with Gasteiger partial charge in [-0.25, -0.2) is 0 Å². The molecule has 55 heavy (non-hydrogen) atoms. The summed E-state index contributed by atoms with van der Waals surface area (Å²) in [7, 11) is 0. The van der Waals surface area contributed by atoms with Crippen LogP contribution >= 0.6 is 11.3 Å². The number of hydrogen-bond acceptors (Lipinski definition) is 3. The maximum Gasteiger partial charge on any atom is 0.133 e. The Balaban J connectivity index is 0.962. The first kappa shape index (κ1) is 31.7. The highest BCUT2D eigenvalue weighted by Crippen LogP contribution is 2.69. The highest BCUT2D eigenvalue weighted by molar-refractivity contribution is 7.25. The van der Waals surface area contributed by atoms with E-state index in [1.165, 1.54) is 85.7 Å². The molecular weight excluding hydrogens is 687 g/mol. The standard InChI is InChI=1S/C52H41NOS/c1-2-11-38(12-3-1)53(40-25-26-46-48(32-40)54-47-18-8-7-17-45(47)52(46)36-28-33-27-34(30-36)31-37(52)29-33)39-23-21-35(22-24-39)41-13-4-5-14-42(41)43-16-10-20-50-51(43)44-15-6-9-19-49(44)55-50/h1-26,32-34,36-37H,27-31H2. The van der Waals surface area contributed by atoms with E-state index in [9.17, 15) is 0 Å². The average molecular weight is 728 g/mol. The number of hydrogen-bond donors (Lipinski definition) is 0. The van der Waals surface area contributed by atoms with Crippen LogP contribution in [0.3, 0.4) is 0 Å². The predicted molar refractivity (Wildman–Crippen MR) is 229 cm³/mol. The molecule has 0 radical (unpaired) electrons. The van der Waals surface area contributed by atoms with Gasteiger partial charge in [0.1, 0.15) is 11.5 Å². The Morgan fingerprint density at radius 3 is 1.91 bits per heavy atom. The van der Waals surface area contributed by atoms with E-state index in [4.69, 9.17) is 4.74 Å². The Morgan fingerprint density at radius 1 is 0.473 bits per heavy atom. The van der Waals surface area contributed by atoms with Crippen LogP contribution < -0.4 is 9.64 Å². The van der Waals surface area contributed by atoms with Crippen molar-refractivity contribution in [1.82, 2.24) is 0 Å². The first-order valence-corrected chi connectivity index (χ1v) is 20.9. The molecule has 8 aromatic rings. The van der Waals surface area contributed by atoms with Gasteiger partial charge in [0.25, 0.3) is 0 Å². The van der Waals surface area contributed by atoms with Crippen molar-refractivity contribution in [3.8, 4) is 33.8 Å². The number of para-hydroxylation sites is 2. The molecule has 4 aliphatic carbocycles. The van der Waals surface area contributed by atoms with Crippen molar-refractivity contribution < 1.29 is 4.74 Å². The van der Waals surface area contributed by atoms with Gasteiger partial charge in [-0.2, -0.15) is 0 Å². The van der Waals surface area contributed by atoms with Crippen molar-refractivity contribution >= 4 is 48.6 Å². The number of benzene rings is 7. The summed E-state index contributed by atoms with van der Waals surface area (Å²) in [6.07, 6.45) is 6.87. The zero-order valence-electron chi connectivity index (χ0n) is 30.7. The summed E-state index contributed by atoms with van der Waals surface area (Å²) in [5.41, 5.74) is 11.3. The molecule has 0 unspecified atom stereocenters. The molecule has 4 bridgehead atoms. The molecule has 4 fully saturated rings. The van der Waals surface area contributed by atoms with Gasteiger partial charge in [-0.1, -0.05) is 109 Å². The largest absolute Gasteiger partial charge is 0.457 e. The van der Waals surface area contributed by atoms with Crippen LogP contribution in [0.25, 0.3) is 42.4 Å². The van der Waals surface area contributed by atoms with Crippen LogP contribution in [0, 0.1) is 23.7 Å². The van der Waals surface area contributed by atoms with E-state index in [2.05, 4.69) is 169 Å². The molecule has 2 nitrogen and oxygen atoms in total. The molecule has 5 aliphatic rings. The second-order valence-corrected chi connectivity index (χ2v) is 17.6. The highest BCUT2D eigenvalue weighted by atomic mass is 32.1. The van der Waals surface area contributed by atoms with Gasteiger partial charge in [-0.3, -0.25) is 0 Å². The Kier molecular flexibility index (Phi) is 7.02. The van der Waals surface area contributed by atoms with Gasteiger partial charge in [0, 0.05) is 59.8 Å². The average Bonchev–Trinajstić information content (AvgIpc) is 3.62. The number of fused-ring (bicyclic) bond motifs is 5. The van der Waals surface area contributed by atoms with E-state index in [1.54, 1.807) is 0 Å². The number of nitrogens with zero attached hydrogens (tertiary/aromatic N) is 1. The Bertz CT molecular complexity index is 2730. The maximum absolute atomic E-state index is 6.93. The maximum atomic E-state index is 6.93. The van der Waals surface area contributed by atoms with Crippen molar-refractivity contribution in [2.24, 2.45) is 23.7 Å². The number of rotatable bonds is 5. The first-order valence-electron chi connectivity index (χ1n) is 20.1. The van der Waals surface area contributed by atoms with E-state index in [-0.39, 0.29) is 5.41 Å². The van der Waals surface area contributed by atoms with Gasteiger partial charge < -0.3 is 9.64 Å². The molecule has 0 amide bonds. The van der Waals surface area contributed by atoms with E-state index in [0.29, 0.717) is 11.8 Å². The minimum atomic E-state index is 0.0440. The molecule has 0 saturated heterocycles. The summed E-state index contributed by atoms with van der Waals surface area (Å²) in [6.45, 7) is 0. The monoisotopic (exact) mass is 727 g/mol. The quantitative estimate of drug-likeness (QED) is 0.175. The lowest BCUT2D eigenvalue weighted by molar-refractivity contribution is -0.0452. The first-order chi connectivity index (χ1) is 27.2. The molecule has 2 heterocycles. The number of thiophene rings is 1. The molecule has 1 aromatic heterocycles. The van der Waals surface area contributed by atoms with Gasteiger partial charge >= 0.3 is 0 Å². The SMILES string of the molecule is c1ccc(N(c2ccc(-c3ccccc3-c3cccc4sc5ccccc5c34)cc2)c2ccc3c(c2)Oc2ccccc2C32C3CC4CC(C3)CC2C4)cc1. The summed E-state index contributed by atoms with van der Waals surface area (Å²) in [5.74, 6) is 5.26. The number of anilines is 3. The predicted octanol–water partition coefficient (Wildman–Crippen LogP) is 14.7. The molecule has 0 atom stereocenters. The van der Waals surface area contributed by atoms with E-state index in [1.807, 2.05) is 11.3 Å². The third-order valence-corrected chi connectivity index (χ3v) is 14.9. The molecule has 266 valence electrons. The topological polar surface area (TPSA) is 12.5 Å². The minimum Gasteiger partial charge on any atom is -0.457 e. The van der Waals surface area contributed by atoms with Crippen molar-refractivity contribution in [1.29, 1.82) is 0 Å². The fourth-order valence-corrected chi connectivity index (χ4v) is 13.0. The summed E-state index contributed by atoms with van der Waals surface area (Å²) in [5, 5.41) is 2.67. The normalized spacial score (nSPS) is 23.1. The van der Waals surface area contributed by atoms with Crippen LogP contribution in [0.15, 0.2) is 164 Å². The molecular formula is C52H41NOS. The Hall–Kier alpha value is -5.64. The van der Waals surface area contributed by atoms with Crippen molar-refractivity contribution in [2.75, 3.05) is 4.90 Å². The van der Waals surface area contributed by atoms with Gasteiger partial charge in [0.2, 0.25) is 0 Å². The van der Waals surface area contributed by atoms with Crippen LogP contribution in [-0.2, 0) is 5.41 Å². The molecule has 3 heteroatoms. The zero-order chi connectivity index (χ0) is 36.1. The van der Waals surface area contributed by atoms with Crippen molar-refractivity contribution in [2.45, 2.75) is 37.5 Å². The van der Waals surface area contributed by atoms with Gasteiger partial charge in [0.15, 0.2) is 0 Å². The summed E-state index contributed by atoms with van der Waals surface area (Å²) >= 11 is 1.88. The van der Waals surface area contributed by atoms with E-state index < -0.39 is 0 Å². The lowest BCUT2D eigenvalue weighted by Gasteiger charge is -2.63. The lowest BCUT2D eigenvalue weighted by atomic mass is 9.42. The summed E-state index contributed by atoms with van der Waals surface area (Å²) < 4.78 is 9.59. The second kappa shape index (κ2) is 12.2. The molecule has 0 N–H and O–H groups in total. The van der Waals surface area contributed by atoms with Crippen LogP contribution in [0.4, 0.5) is 17.1 Å². The van der Waals surface area contributed by atoms with Crippen LogP contribution in [0.1, 0.15) is 43.2 Å². The number of ether oxygens (including phenoxy) is 1. The van der Waals surface area contributed by atoms with Crippen LogP contribution in [0.5, 0.6) is 11.5 Å². The summed E-state index contributed by atoms with van der Waals surface area (Å²) in [6, 6.07) is 60.5. The molecule has 13 rings (SSSR count). The molecule has 1 spiro atoms. The smallest absolute Gasteiger partial charge is 0.133 e. The lowest BCUT2D eigenvalue weighted by Crippen LogP contribution is -2.56. The summed E-state index contributed by atoms with van der Waals surface area (Å²) in [4.78, 5) is 2.39. The molecule has 1 aliphatic heterocycles. The Labute approximate surface area is 326 Å². The van der Waals surface area contributed by atoms with Gasteiger partial charge in [-0.05, 0) is 127 Å². The molecule has 7 aromatic carbocycles. The van der Waals surface area contributed by atoms with E-state index in [0.717, 1.165) is 40.4 Å². The third-order valence-electron chi connectivity index (χ3n) is 13.7. The van der Waals surface area contributed by atoms with Gasteiger partial charge in [-0.15, -0.1) is 11.3 Å². The van der Waals surface area contributed by atoms with Gasteiger partial charge in [0.05, 0.1) is 0 Å². The van der Waals surface area contributed by atoms with E-state index >= 15 is 0 Å². The minimum absolute atomic E-state index is 0.0440. The van der Waals surface area contributed by atoms with Crippen LogP contribution in [0.2, 0.25) is 0 Å². The third kappa shape index (κ3) is 4.72. The fourth-order valence-electron chi connectivity index (χ4n) is 11.8. The van der Waals surface area contributed by atoms with Crippen molar-refractivity contribution in [3.63, 3.8) is 0 Å². The zero-order valence-corrected chi connectivity index (χ0v) is 31.5. The van der Waals surface area contributed by atoms with Crippen LogP contribution in [-0.4, -0.2) is 0 Å². The van der Waals surface area contributed by atoms with Crippen molar-refractivity contribution in [3.05, 3.63) is 175 Å². The fraction of sp³-hybridized carbons (Fsp3) is 0.192. The Morgan fingerprint density at radius 2 is 1.09 bits per heavy atom. The highest BCUT2D eigenvalue weighted by Gasteiger charge is 2.61. The second-order valence-electron chi connectivity index (χ2n) is 16.5.